The van der Waals surface area contributed by atoms with Crippen molar-refractivity contribution in [3.8, 4) is 11.4 Å². The first-order chi connectivity index (χ1) is 11.5. The van der Waals surface area contributed by atoms with Crippen LogP contribution in [0.5, 0.6) is 0 Å². The molecular weight excluding hydrogens is 324 g/mol. The molecule has 0 aromatic carbocycles. The van der Waals surface area contributed by atoms with Crippen LogP contribution in [-0.4, -0.2) is 46.8 Å². The van der Waals surface area contributed by atoms with E-state index in [1.54, 1.807) is 4.31 Å². The third kappa shape index (κ3) is 3.67. The molecule has 0 atom stereocenters. The van der Waals surface area contributed by atoms with E-state index in [1.807, 2.05) is 35.1 Å². The first-order valence-corrected chi connectivity index (χ1v) is 10.3. The van der Waals surface area contributed by atoms with Crippen molar-refractivity contribution in [3.63, 3.8) is 0 Å². The topological polar surface area (TPSA) is 68.1 Å². The monoisotopic (exact) mass is 348 g/mol. The minimum Gasteiger partial charge on any atom is -0.263 e. The Morgan fingerprint density at radius 2 is 1.96 bits per heavy atom. The lowest BCUT2D eigenvalue weighted by Gasteiger charge is -2.30. The quantitative estimate of drug-likeness (QED) is 0.832. The Balaban J connectivity index is 1.78. The van der Waals surface area contributed by atoms with Gasteiger partial charge in [-0.05, 0) is 37.5 Å². The third-order valence-corrected chi connectivity index (χ3v) is 5.83. The first-order valence-electron chi connectivity index (χ1n) is 8.43. The zero-order chi connectivity index (χ0) is 17.2. The molecule has 130 valence electrons. The zero-order valence-corrected chi connectivity index (χ0v) is 15.0. The summed E-state index contributed by atoms with van der Waals surface area (Å²) in [7, 11) is -3.09. The van der Waals surface area contributed by atoms with Crippen LogP contribution in [0.2, 0.25) is 0 Å². The molecule has 0 amide bonds. The number of hydrogen-bond acceptors (Lipinski definition) is 4. The molecule has 0 saturated carbocycles. The highest BCUT2D eigenvalue weighted by atomic mass is 32.2. The summed E-state index contributed by atoms with van der Waals surface area (Å²) in [5, 5.41) is 4.36. The second kappa shape index (κ2) is 7.03. The second-order valence-corrected chi connectivity index (χ2v) is 8.31. The second-order valence-electron chi connectivity index (χ2n) is 6.32. The fraction of sp³-hybridized carbons (Fsp3) is 0.529. The molecule has 0 N–H and O–H groups in total. The Morgan fingerprint density at radius 1 is 1.21 bits per heavy atom. The van der Waals surface area contributed by atoms with Crippen molar-refractivity contribution in [2.24, 2.45) is 0 Å². The molecular formula is C17H24N4O2S. The number of hydrogen-bond donors (Lipinski definition) is 0. The Bertz CT molecular complexity index is 792. The van der Waals surface area contributed by atoms with Gasteiger partial charge in [-0.15, -0.1) is 0 Å². The van der Waals surface area contributed by atoms with E-state index in [9.17, 15) is 8.42 Å². The molecule has 24 heavy (non-hydrogen) atoms. The molecule has 0 unspecified atom stereocenters. The Kier molecular flexibility index (Phi) is 5.01. The molecule has 3 heterocycles. The van der Waals surface area contributed by atoms with Gasteiger partial charge in [0.1, 0.15) is 0 Å². The Morgan fingerprint density at radius 3 is 2.62 bits per heavy atom. The molecule has 0 aliphatic carbocycles. The molecule has 0 bridgehead atoms. The van der Waals surface area contributed by atoms with Gasteiger partial charge in [-0.2, -0.15) is 5.10 Å². The van der Waals surface area contributed by atoms with Crippen molar-refractivity contribution in [2.75, 3.05) is 19.3 Å². The van der Waals surface area contributed by atoms with Crippen LogP contribution in [0.1, 0.15) is 37.8 Å². The average molecular weight is 348 g/mol. The van der Waals surface area contributed by atoms with Crippen LogP contribution in [0.4, 0.5) is 0 Å². The number of sulfonamides is 1. The van der Waals surface area contributed by atoms with E-state index < -0.39 is 10.0 Å². The maximum Gasteiger partial charge on any atom is 0.211 e. The summed E-state index contributed by atoms with van der Waals surface area (Å²) in [5.41, 5.74) is 3.01. The fourth-order valence-electron chi connectivity index (χ4n) is 3.24. The molecule has 0 spiro atoms. The molecule has 1 aliphatic heterocycles. The van der Waals surface area contributed by atoms with Gasteiger partial charge in [0.25, 0.3) is 0 Å². The highest BCUT2D eigenvalue weighted by Crippen LogP contribution is 2.29. The van der Waals surface area contributed by atoms with Crippen molar-refractivity contribution in [3.05, 3.63) is 36.2 Å². The van der Waals surface area contributed by atoms with Gasteiger partial charge in [-0.1, -0.05) is 13.0 Å². The molecule has 1 aliphatic rings. The van der Waals surface area contributed by atoms with E-state index in [0.717, 1.165) is 42.9 Å². The lowest BCUT2D eigenvalue weighted by molar-refractivity contribution is 0.318. The smallest absolute Gasteiger partial charge is 0.211 e. The molecule has 0 radical (unpaired) electrons. The van der Waals surface area contributed by atoms with Gasteiger partial charge in [0.05, 0.1) is 17.6 Å². The minimum absolute atomic E-state index is 0.311. The van der Waals surface area contributed by atoms with Crippen molar-refractivity contribution in [1.29, 1.82) is 0 Å². The summed E-state index contributed by atoms with van der Waals surface area (Å²) in [4.78, 5) is 4.84. The predicted octanol–water partition coefficient (Wildman–Crippen LogP) is 2.49. The SMILES string of the molecule is CCCn1nccc1-c1cccc(C2CCN(S(C)(=O)=O)CC2)n1. The number of piperidine rings is 1. The Labute approximate surface area is 143 Å². The number of nitrogens with zero attached hydrogens (tertiary/aromatic N) is 4. The first kappa shape index (κ1) is 17.1. The van der Waals surface area contributed by atoms with Gasteiger partial charge in [0, 0.05) is 37.4 Å². The molecule has 3 rings (SSSR count). The molecule has 2 aromatic rings. The van der Waals surface area contributed by atoms with Crippen molar-refractivity contribution >= 4 is 10.0 Å². The van der Waals surface area contributed by atoms with Crippen LogP contribution >= 0.6 is 0 Å². The molecule has 1 saturated heterocycles. The van der Waals surface area contributed by atoms with E-state index in [1.165, 1.54) is 6.26 Å². The average Bonchev–Trinajstić information content (AvgIpc) is 3.03. The fourth-order valence-corrected chi connectivity index (χ4v) is 4.12. The molecule has 1 fully saturated rings. The summed E-state index contributed by atoms with van der Waals surface area (Å²) >= 11 is 0. The lowest BCUT2D eigenvalue weighted by Crippen LogP contribution is -2.37. The maximum atomic E-state index is 11.6. The predicted molar refractivity (Wildman–Crippen MR) is 94.1 cm³/mol. The standard InChI is InChI=1S/C17H24N4O2S/c1-3-11-21-17(7-10-18-21)16-6-4-5-15(19-16)14-8-12-20(13-9-14)24(2,22)23/h4-7,10,14H,3,8-9,11-13H2,1-2H3. The van der Waals surface area contributed by atoms with E-state index in [-0.39, 0.29) is 0 Å². The van der Waals surface area contributed by atoms with Gasteiger partial charge in [0.15, 0.2) is 0 Å². The summed E-state index contributed by atoms with van der Waals surface area (Å²) in [5.74, 6) is 0.311. The number of pyridine rings is 1. The van der Waals surface area contributed by atoms with Crippen LogP contribution in [0.3, 0.4) is 0 Å². The minimum atomic E-state index is -3.09. The Hall–Kier alpha value is -1.73. The van der Waals surface area contributed by atoms with Gasteiger partial charge in [0.2, 0.25) is 10.0 Å². The summed E-state index contributed by atoms with van der Waals surface area (Å²) in [6.07, 6.45) is 5.75. The van der Waals surface area contributed by atoms with Gasteiger partial charge in [-0.3, -0.25) is 9.67 Å². The van der Waals surface area contributed by atoms with Gasteiger partial charge < -0.3 is 0 Å². The van der Waals surface area contributed by atoms with Crippen molar-refractivity contribution in [1.82, 2.24) is 19.1 Å². The highest BCUT2D eigenvalue weighted by Gasteiger charge is 2.26. The van der Waals surface area contributed by atoms with Gasteiger partial charge in [-0.25, -0.2) is 12.7 Å². The lowest BCUT2D eigenvalue weighted by atomic mass is 9.94. The maximum absolute atomic E-state index is 11.6. The van der Waals surface area contributed by atoms with E-state index in [2.05, 4.69) is 12.0 Å². The summed E-state index contributed by atoms with van der Waals surface area (Å²) < 4.78 is 26.8. The largest absolute Gasteiger partial charge is 0.263 e. The van der Waals surface area contributed by atoms with Crippen LogP contribution in [-0.2, 0) is 16.6 Å². The van der Waals surface area contributed by atoms with Crippen molar-refractivity contribution in [2.45, 2.75) is 38.6 Å². The molecule has 2 aromatic heterocycles. The number of rotatable bonds is 5. The molecule has 7 heteroatoms. The third-order valence-electron chi connectivity index (χ3n) is 4.53. The van der Waals surface area contributed by atoms with Crippen LogP contribution in [0, 0.1) is 0 Å². The van der Waals surface area contributed by atoms with Crippen LogP contribution in [0.15, 0.2) is 30.5 Å². The molecule has 6 nitrogen and oxygen atoms in total. The summed E-state index contributed by atoms with van der Waals surface area (Å²) in [6, 6.07) is 8.08. The van der Waals surface area contributed by atoms with E-state index in [0.29, 0.717) is 19.0 Å². The van der Waals surface area contributed by atoms with Crippen LogP contribution in [0.25, 0.3) is 11.4 Å². The van der Waals surface area contributed by atoms with Crippen LogP contribution < -0.4 is 0 Å². The normalized spacial score (nSPS) is 17.2. The summed E-state index contributed by atoms with van der Waals surface area (Å²) in [6.45, 7) is 4.15. The number of aromatic nitrogens is 3. The van der Waals surface area contributed by atoms with E-state index in [4.69, 9.17) is 4.98 Å². The van der Waals surface area contributed by atoms with Gasteiger partial charge >= 0.3 is 0 Å². The highest BCUT2D eigenvalue weighted by molar-refractivity contribution is 7.88. The van der Waals surface area contributed by atoms with E-state index >= 15 is 0 Å². The zero-order valence-electron chi connectivity index (χ0n) is 14.2. The van der Waals surface area contributed by atoms with Crippen molar-refractivity contribution < 1.29 is 8.42 Å². The number of aryl methyl sites for hydroxylation is 1.